The Morgan fingerprint density at radius 2 is 2.00 bits per heavy atom. The van der Waals surface area contributed by atoms with Crippen molar-refractivity contribution in [2.75, 3.05) is 13.2 Å². The van der Waals surface area contributed by atoms with Crippen molar-refractivity contribution < 1.29 is 14.3 Å². The summed E-state index contributed by atoms with van der Waals surface area (Å²) in [5, 5.41) is 0. The van der Waals surface area contributed by atoms with E-state index in [9.17, 15) is 4.79 Å². The van der Waals surface area contributed by atoms with Gasteiger partial charge in [-0.3, -0.25) is 0 Å². The summed E-state index contributed by atoms with van der Waals surface area (Å²) in [5.41, 5.74) is 1.03. The predicted octanol–water partition coefficient (Wildman–Crippen LogP) is 2.74. The molecule has 3 nitrogen and oxygen atoms in total. The fraction of sp³-hybridized carbons (Fsp3) is 0.417. The number of carbonyl (C=O) groups is 1. The van der Waals surface area contributed by atoms with Crippen LogP contribution in [0.2, 0.25) is 0 Å². The number of ether oxygens (including phenoxy) is 2. The van der Waals surface area contributed by atoms with Gasteiger partial charge >= 0.3 is 0 Å². The first kappa shape index (κ1) is 11.5. The van der Waals surface area contributed by atoms with E-state index < -0.39 is 0 Å². The van der Waals surface area contributed by atoms with Crippen LogP contribution in [0, 0.1) is 0 Å². The lowest BCUT2D eigenvalue weighted by Gasteiger charge is -2.13. The second-order valence-corrected chi connectivity index (χ2v) is 4.47. The van der Waals surface area contributed by atoms with Crippen molar-refractivity contribution >= 4 is 22.2 Å². The molecule has 0 aliphatic carbocycles. The molecular weight excluding hydrogens is 272 g/mol. The molecule has 0 saturated carbocycles. The standard InChI is InChI=1S/C12H13BrO3/c13-10-5-4-9(3-1-6-14)11-12(10)16-8-2-7-15-11/h4-6H,1-3,7-8H2. The zero-order valence-corrected chi connectivity index (χ0v) is 10.5. The highest BCUT2D eigenvalue weighted by atomic mass is 79.9. The lowest BCUT2D eigenvalue weighted by Crippen LogP contribution is -1.99. The number of hydrogen-bond donors (Lipinski definition) is 0. The van der Waals surface area contributed by atoms with E-state index in [0.29, 0.717) is 26.1 Å². The molecule has 0 aromatic heterocycles. The van der Waals surface area contributed by atoms with Crippen LogP contribution in [0.3, 0.4) is 0 Å². The van der Waals surface area contributed by atoms with Gasteiger partial charge < -0.3 is 14.3 Å². The molecule has 0 spiro atoms. The second kappa shape index (κ2) is 5.34. The number of aryl methyl sites for hydroxylation is 1. The Morgan fingerprint density at radius 3 is 2.75 bits per heavy atom. The van der Waals surface area contributed by atoms with Crippen molar-refractivity contribution in [2.24, 2.45) is 0 Å². The molecule has 1 aromatic rings. The molecule has 1 aliphatic rings. The number of halogens is 1. The van der Waals surface area contributed by atoms with Gasteiger partial charge in [-0.05, 0) is 34.0 Å². The highest BCUT2D eigenvalue weighted by Crippen LogP contribution is 2.40. The molecule has 0 fully saturated rings. The number of aldehydes is 1. The van der Waals surface area contributed by atoms with Gasteiger partial charge in [-0.25, -0.2) is 0 Å². The first-order valence-electron chi connectivity index (χ1n) is 5.33. The number of rotatable bonds is 3. The van der Waals surface area contributed by atoms with E-state index >= 15 is 0 Å². The van der Waals surface area contributed by atoms with Gasteiger partial charge in [0.05, 0.1) is 17.7 Å². The lowest BCUT2D eigenvalue weighted by molar-refractivity contribution is -0.107. The average molecular weight is 285 g/mol. The van der Waals surface area contributed by atoms with Crippen molar-refractivity contribution in [3.63, 3.8) is 0 Å². The summed E-state index contributed by atoms with van der Waals surface area (Å²) in [7, 11) is 0. The molecule has 0 radical (unpaired) electrons. The predicted molar refractivity (Wildman–Crippen MR) is 64.1 cm³/mol. The SMILES string of the molecule is O=CCCc1ccc(Br)c2c1OCCCO2. The van der Waals surface area contributed by atoms with Crippen molar-refractivity contribution in [2.45, 2.75) is 19.3 Å². The van der Waals surface area contributed by atoms with E-state index in [-0.39, 0.29) is 0 Å². The maximum atomic E-state index is 10.4. The third-order valence-electron chi connectivity index (χ3n) is 2.46. The first-order chi connectivity index (χ1) is 7.83. The second-order valence-electron chi connectivity index (χ2n) is 3.62. The Kier molecular flexibility index (Phi) is 3.83. The van der Waals surface area contributed by atoms with Crippen molar-refractivity contribution in [1.29, 1.82) is 0 Å². The third-order valence-corrected chi connectivity index (χ3v) is 3.08. The zero-order chi connectivity index (χ0) is 11.4. The van der Waals surface area contributed by atoms with Gasteiger partial charge in [0.25, 0.3) is 0 Å². The van der Waals surface area contributed by atoms with Crippen LogP contribution >= 0.6 is 15.9 Å². The molecule has 0 saturated heterocycles. The largest absolute Gasteiger partial charge is 0.489 e. The molecule has 0 bridgehead atoms. The Labute approximate surface area is 103 Å². The number of hydrogen-bond acceptors (Lipinski definition) is 3. The normalized spacial score (nSPS) is 14.3. The molecule has 4 heteroatoms. The molecular formula is C12H13BrO3. The highest BCUT2D eigenvalue weighted by Gasteiger charge is 2.17. The van der Waals surface area contributed by atoms with Crippen LogP contribution in [-0.2, 0) is 11.2 Å². The van der Waals surface area contributed by atoms with Crippen molar-refractivity contribution in [3.8, 4) is 11.5 Å². The van der Waals surface area contributed by atoms with Gasteiger partial charge in [-0.2, -0.15) is 0 Å². The Bertz CT molecular complexity index is 390. The summed E-state index contributed by atoms with van der Waals surface area (Å²) < 4.78 is 12.2. The minimum Gasteiger partial charge on any atom is -0.489 e. The molecule has 16 heavy (non-hydrogen) atoms. The first-order valence-corrected chi connectivity index (χ1v) is 6.13. The summed E-state index contributed by atoms with van der Waals surface area (Å²) in [4.78, 5) is 10.4. The maximum absolute atomic E-state index is 10.4. The summed E-state index contributed by atoms with van der Waals surface area (Å²) in [6.07, 6.45) is 3.01. The maximum Gasteiger partial charge on any atom is 0.175 e. The van der Waals surface area contributed by atoms with Crippen LogP contribution in [0.25, 0.3) is 0 Å². The Balaban J connectivity index is 2.35. The molecule has 1 heterocycles. The molecule has 2 rings (SSSR count). The van der Waals surface area contributed by atoms with Gasteiger partial charge in [0.1, 0.15) is 6.29 Å². The van der Waals surface area contributed by atoms with E-state index in [1.165, 1.54) is 0 Å². The van der Waals surface area contributed by atoms with Gasteiger partial charge in [-0.1, -0.05) is 6.07 Å². The monoisotopic (exact) mass is 284 g/mol. The van der Waals surface area contributed by atoms with Crippen LogP contribution in [0.1, 0.15) is 18.4 Å². The van der Waals surface area contributed by atoms with E-state index in [2.05, 4.69) is 15.9 Å². The van der Waals surface area contributed by atoms with Crippen LogP contribution < -0.4 is 9.47 Å². The van der Waals surface area contributed by atoms with Gasteiger partial charge in [0.15, 0.2) is 11.5 Å². The third kappa shape index (κ3) is 2.38. The lowest BCUT2D eigenvalue weighted by atomic mass is 10.1. The molecule has 0 atom stereocenters. The van der Waals surface area contributed by atoms with Crippen molar-refractivity contribution in [3.05, 3.63) is 22.2 Å². The Morgan fingerprint density at radius 1 is 1.25 bits per heavy atom. The summed E-state index contributed by atoms with van der Waals surface area (Å²) in [5.74, 6) is 1.55. The molecule has 0 unspecified atom stereocenters. The van der Waals surface area contributed by atoms with Crippen LogP contribution in [0.4, 0.5) is 0 Å². The summed E-state index contributed by atoms with van der Waals surface area (Å²) in [6.45, 7) is 1.33. The zero-order valence-electron chi connectivity index (χ0n) is 8.87. The quantitative estimate of drug-likeness (QED) is 0.801. The Hall–Kier alpha value is -1.03. The number of carbonyl (C=O) groups excluding carboxylic acids is 1. The fourth-order valence-corrected chi connectivity index (χ4v) is 2.12. The minimum absolute atomic E-state index is 0.511. The van der Waals surface area contributed by atoms with E-state index in [1.54, 1.807) is 0 Å². The average Bonchev–Trinajstić information content (AvgIpc) is 2.54. The molecule has 1 aliphatic heterocycles. The summed E-state index contributed by atoms with van der Waals surface area (Å²) in [6, 6.07) is 3.91. The topological polar surface area (TPSA) is 35.5 Å². The molecule has 86 valence electrons. The van der Waals surface area contributed by atoms with Gasteiger partial charge in [-0.15, -0.1) is 0 Å². The molecule has 0 N–H and O–H groups in total. The van der Waals surface area contributed by atoms with Crippen molar-refractivity contribution in [1.82, 2.24) is 0 Å². The van der Waals surface area contributed by atoms with Crippen LogP contribution in [0.5, 0.6) is 11.5 Å². The molecule has 1 aromatic carbocycles. The summed E-state index contributed by atoms with van der Waals surface area (Å²) >= 11 is 3.44. The van der Waals surface area contributed by atoms with Gasteiger partial charge in [0, 0.05) is 12.8 Å². The molecule has 0 amide bonds. The van der Waals surface area contributed by atoms with Crippen LogP contribution in [0.15, 0.2) is 16.6 Å². The minimum atomic E-state index is 0.511. The number of benzene rings is 1. The van der Waals surface area contributed by atoms with E-state index in [0.717, 1.165) is 34.2 Å². The van der Waals surface area contributed by atoms with E-state index in [4.69, 9.17) is 9.47 Å². The number of fused-ring (bicyclic) bond motifs is 1. The fourth-order valence-electron chi connectivity index (χ4n) is 1.69. The smallest absolute Gasteiger partial charge is 0.175 e. The highest BCUT2D eigenvalue weighted by molar-refractivity contribution is 9.10. The van der Waals surface area contributed by atoms with Crippen LogP contribution in [-0.4, -0.2) is 19.5 Å². The van der Waals surface area contributed by atoms with E-state index in [1.807, 2.05) is 12.1 Å². The van der Waals surface area contributed by atoms with Gasteiger partial charge in [0.2, 0.25) is 0 Å².